The number of halogens is 1. The summed E-state index contributed by atoms with van der Waals surface area (Å²) in [4.78, 5) is 17.0. The molecule has 0 aromatic carbocycles. The third kappa shape index (κ3) is 4.78. The highest BCUT2D eigenvalue weighted by Gasteiger charge is 2.22. The second-order valence-electron chi connectivity index (χ2n) is 5.45. The largest absolute Gasteiger partial charge is 0.350 e. The molecular weight excluding hydrogens is 310 g/mol. The van der Waals surface area contributed by atoms with Crippen molar-refractivity contribution in [3.63, 3.8) is 0 Å². The molecule has 19 heavy (non-hydrogen) atoms. The Balaban J connectivity index is 3.16. The molecule has 0 aliphatic carbocycles. The first-order valence-electron chi connectivity index (χ1n) is 6.36. The second-order valence-corrected chi connectivity index (χ2v) is 6.36. The molecule has 0 atom stereocenters. The van der Waals surface area contributed by atoms with Crippen LogP contribution in [0.15, 0.2) is 16.7 Å². The number of anilines is 1. The van der Waals surface area contributed by atoms with E-state index in [2.05, 4.69) is 48.6 Å². The van der Waals surface area contributed by atoms with E-state index in [1.165, 1.54) is 6.07 Å². The number of hydrogen-bond acceptors (Lipinski definition) is 4. The summed E-state index contributed by atoms with van der Waals surface area (Å²) < 4.78 is 0.622. The van der Waals surface area contributed by atoms with Crippen molar-refractivity contribution in [2.75, 3.05) is 18.0 Å². The van der Waals surface area contributed by atoms with Gasteiger partial charge in [0.05, 0.1) is 4.92 Å². The first-order chi connectivity index (χ1) is 8.81. The molecule has 1 aromatic rings. The van der Waals surface area contributed by atoms with Gasteiger partial charge in [0, 0.05) is 29.8 Å². The quantitative estimate of drug-likeness (QED) is 0.587. The van der Waals surface area contributed by atoms with Gasteiger partial charge >= 0.3 is 5.69 Å². The zero-order chi connectivity index (χ0) is 14.6. The van der Waals surface area contributed by atoms with Crippen molar-refractivity contribution in [2.24, 2.45) is 11.8 Å². The smallest absolute Gasteiger partial charge is 0.312 e. The molecule has 0 radical (unpaired) electrons. The molecule has 0 saturated heterocycles. The monoisotopic (exact) mass is 329 g/mol. The normalized spacial score (nSPS) is 11.1. The summed E-state index contributed by atoms with van der Waals surface area (Å²) >= 11 is 3.23. The van der Waals surface area contributed by atoms with Crippen LogP contribution in [0.1, 0.15) is 27.7 Å². The lowest BCUT2D eigenvalue weighted by molar-refractivity contribution is -0.384. The molecule has 106 valence electrons. The van der Waals surface area contributed by atoms with Crippen LogP contribution >= 0.6 is 15.9 Å². The summed E-state index contributed by atoms with van der Waals surface area (Å²) in [6, 6.07) is 1.51. The maximum atomic E-state index is 11.2. The Hall–Kier alpha value is -1.17. The Labute approximate surface area is 122 Å². The molecule has 5 nitrogen and oxygen atoms in total. The molecule has 0 bridgehead atoms. The van der Waals surface area contributed by atoms with Gasteiger partial charge in [0.25, 0.3) is 0 Å². The fraction of sp³-hybridized carbons (Fsp3) is 0.615. The fourth-order valence-corrected chi connectivity index (χ4v) is 2.25. The molecule has 1 aromatic heterocycles. The average Bonchev–Trinajstić information content (AvgIpc) is 2.26. The van der Waals surface area contributed by atoms with Gasteiger partial charge in [0.2, 0.25) is 5.82 Å². The molecule has 0 aliphatic heterocycles. The minimum absolute atomic E-state index is 0.0516. The Kier molecular flexibility index (Phi) is 5.72. The van der Waals surface area contributed by atoms with E-state index in [-0.39, 0.29) is 10.6 Å². The number of pyridine rings is 1. The van der Waals surface area contributed by atoms with E-state index in [4.69, 9.17) is 0 Å². The van der Waals surface area contributed by atoms with E-state index in [0.29, 0.717) is 22.1 Å². The van der Waals surface area contributed by atoms with E-state index in [9.17, 15) is 10.1 Å². The van der Waals surface area contributed by atoms with Crippen molar-refractivity contribution in [1.29, 1.82) is 0 Å². The third-order valence-corrected chi connectivity index (χ3v) is 2.91. The number of aromatic nitrogens is 1. The van der Waals surface area contributed by atoms with Gasteiger partial charge in [-0.2, -0.15) is 0 Å². The predicted octanol–water partition coefficient (Wildman–Crippen LogP) is 3.87. The number of rotatable bonds is 6. The Morgan fingerprint density at radius 2 is 1.84 bits per heavy atom. The zero-order valence-corrected chi connectivity index (χ0v) is 13.3. The van der Waals surface area contributed by atoms with Crippen LogP contribution in [0, 0.1) is 22.0 Å². The van der Waals surface area contributed by atoms with Crippen LogP contribution in [-0.2, 0) is 0 Å². The topological polar surface area (TPSA) is 59.3 Å². The van der Waals surface area contributed by atoms with Crippen LogP contribution in [-0.4, -0.2) is 23.0 Å². The third-order valence-electron chi connectivity index (χ3n) is 2.48. The predicted molar refractivity (Wildman–Crippen MR) is 80.5 cm³/mol. The number of nitrogens with zero attached hydrogens (tertiary/aromatic N) is 3. The van der Waals surface area contributed by atoms with Crippen LogP contribution in [0.3, 0.4) is 0 Å². The molecule has 0 N–H and O–H groups in total. The van der Waals surface area contributed by atoms with Crippen LogP contribution < -0.4 is 4.90 Å². The van der Waals surface area contributed by atoms with E-state index >= 15 is 0 Å². The molecule has 0 spiro atoms. The molecule has 1 rings (SSSR count). The summed E-state index contributed by atoms with van der Waals surface area (Å²) in [5.41, 5.74) is 0.0516. The van der Waals surface area contributed by atoms with Gasteiger partial charge in [-0.1, -0.05) is 27.7 Å². The van der Waals surface area contributed by atoms with Crippen molar-refractivity contribution < 1.29 is 4.92 Å². The maximum Gasteiger partial charge on any atom is 0.312 e. The summed E-state index contributed by atoms with van der Waals surface area (Å²) in [6.07, 6.45) is 1.61. The summed E-state index contributed by atoms with van der Waals surface area (Å²) in [6.45, 7) is 9.90. The van der Waals surface area contributed by atoms with Crippen LogP contribution in [0.4, 0.5) is 11.5 Å². The first kappa shape index (κ1) is 15.9. The summed E-state index contributed by atoms with van der Waals surface area (Å²) in [5, 5.41) is 11.2. The lowest BCUT2D eigenvalue weighted by Crippen LogP contribution is -2.32. The van der Waals surface area contributed by atoms with Crippen molar-refractivity contribution in [3.05, 3.63) is 26.9 Å². The van der Waals surface area contributed by atoms with Gasteiger partial charge in [0.15, 0.2) is 0 Å². The van der Waals surface area contributed by atoms with Gasteiger partial charge in [-0.25, -0.2) is 4.98 Å². The number of hydrogen-bond donors (Lipinski definition) is 0. The molecule has 0 saturated carbocycles. The first-order valence-corrected chi connectivity index (χ1v) is 7.15. The van der Waals surface area contributed by atoms with Gasteiger partial charge < -0.3 is 4.90 Å². The standard InChI is InChI=1S/C13H20BrN3O2/c1-9(2)7-16(8-10(3)4)13-12(17(18)19)5-11(14)6-15-13/h5-6,9-10H,7-8H2,1-4H3. The SMILES string of the molecule is CC(C)CN(CC(C)C)c1ncc(Br)cc1[N+](=O)[O-]. The van der Waals surface area contributed by atoms with Crippen molar-refractivity contribution in [3.8, 4) is 0 Å². The second kappa shape index (κ2) is 6.84. The van der Waals surface area contributed by atoms with E-state index < -0.39 is 0 Å². The van der Waals surface area contributed by atoms with E-state index in [0.717, 1.165) is 13.1 Å². The van der Waals surface area contributed by atoms with Crippen LogP contribution in [0.2, 0.25) is 0 Å². The van der Waals surface area contributed by atoms with Crippen molar-refractivity contribution in [2.45, 2.75) is 27.7 Å². The Bertz CT molecular complexity index is 440. The van der Waals surface area contributed by atoms with Crippen molar-refractivity contribution in [1.82, 2.24) is 4.98 Å². The van der Waals surface area contributed by atoms with Crippen molar-refractivity contribution >= 4 is 27.4 Å². The molecule has 0 fully saturated rings. The Morgan fingerprint density at radius 3 is 2.26 bits per heavy atom. The van der Waals surface area contributed by atoms with Crippen LogP contribution in [0.5, 0.6) is 0 Å². The highest BCUT2D eigenvalue weighted by Crippen LogP contribution is 2.29. The molecule has 1 heterocycles. The fourth-order valence-electron chi connectivity index (χ4n) is 1.93. The minimum Gasteiger partial charge on any atom is -0.350 e. The molecule has 0 amide bonds. The van der Waals surface area contributed by atoms with E-state index in [1.54, 1.807) is 6.20 Å². The highest BCUT2D eigenvalue weighted by molar-refractivity contribution is 9.10. The van der Waals surface area contributed by atoms with Gasteiger partial charge in [-0.05, 0) is 27.8 Å². The zero-order valence-electron chi connectivity index (χ0n) is 11.8. The molecular formula is C13H20BrN3O2. The molecule has 0 unspecified atom stereocenters. The lowest BCUT2D eigenvalue weighted by Gasteiger charge is -2.27. The minimum atomic E-state index is -0.374. The summed E-state index contributed by atoms with van der Waals surface area (Å²) in [7, 11) is 0. The van der Waals surface area contributed by atoms with Gasteiger partial charge in [0.1, 0.15) is 0 Å². The highest BCUT2D eigenvalue weighted by atomic mass is 79.9. The van der Waals surface area contributed by atoms with Gasteiger partial charge in [-0.3, -0.25) is 10.1 Å². The molecule has 0 aliphatic rings. The summed E-state index contributed by atoms with van der Waals surface area (Å²) in [5.74, 6) is 1.29. The molecule has 6 heteroatoms. The van der Waals surface area contributed by atoms with Crippen LogP contribution in [0.25, 0.3) is 0 Å². The average molecular weight is 330 g/mol. The van der Waals surface area contributed by atoms with E-state index in [1.807, 2.05) is 4.90 Å². The maximum absolute atomic E-state index is 11.2. The number of nitro groups is 1. The van der Waals surface area contributed by atoms with Gasteiger partial charge in [-0.15, -0.1) is 0 Å². The Morgan fingerprint density at radius 1 is 1.32 bits per heavy atom. The lowest BCUT2D eigenvalue weighted by atomic mass is 10.1.